The van der Waals surface area contributed by atoms with E-state index in [-0.39, 0.29) is 0 Å². The predicted molar refractivity (Wildman–Crippen MR) is 75.1 cm³/mol. The van der Waals surface area contributed by atoms with Gasteiger partial charge in [-0.25, -0.2) is 4.98 Å². The number of fused-ring (bicyclic) bond motifs is 1. The summed E-state index contributed by atoms with van der Waals surface area (Å²) in [6.07, 6.45) is 0.860. The maximum atomic E-state index is 9.36. The lowest BCUT2D eigenvalue weighted by molar-refractivity contribution is 0.899. The second-order valence-electron chi connectivity index (χ2n) is 4.33. The lowest BCUT2D eigenvalue weighted by Gasteiger charge is -1.98. The molecule has 0 aliphatic carbocycles. The molecule has 0 bridgehead atoms. The molecule has 2 heterocycles. The normalized spacial score (nSPS) is 10.8. The van der Waals surface area contributed by atoms with Gasteiger partial charge in [0.15, 0.2) is 5.69 Å². The Kier molecular flexibility index (Phi) is 2.80. The summed E-state index contributed by atoms with van der Waals surface area (Å²) in [6.45, 7) is 4.08. The van der Waals surface area contributed by atoms with Gasteiger partial charge in [-0.15, -0.1) is 0 Å². The van der Waals surface area contributed by atoms with Crippen LogP contribution in [0.5, 0.6) is 0 Å². The lowest BCUT2D eigenvalue weighted by Crippen LogP contribution is -1.91. The van der Waals surface area contributed by atoms with Gasteiger partial charge in [-0.1, -0.05) is 48.1 Å². The molecule has 2 aromatic heterocycles. The zero-order valence-electron chi connectivity index (χ0n) is 10.7. The third-order valence-electron chi connectivity index (χ3n) is 2.98. The molecule has 4 nitrogen and oxygen atoms in total. The Labute approximate surface area is 115 Å². The minimum atomic E-state index is 0.509. The van der Waals surface area contributed by atoms with Gasteiger partial charge in [-0.2, -0.15) is 14.9 Å². The van der Waals surface area contributed by atoms with Crippen molar-refractivity contribution in [3.8, 4) is 17.3 Å². The Balaban J connectivity index is 2.21. The van der Waals surface area contributed by atoms with Gasteiger partial charge in [-0.05, 0) is 13.3 Å². The fourth-order valence-corrected chi connectivity index (χ4v) is 2.78. The van der Waals surface area contributed by atoms with E-state index in [1.165, 1.54) is 16.9 Å². The van der Waals surface area contributed by atoms with Crippen molar-refractivity contribution in [2.75, 3.05) is 0 Å². The largest absolute Gasteiger partial charge is 0.216 e. The number of hydrogen-bond acceptors (Lipinski definition) is 4. The van der Waals surface area contributed by atoms with Crippen molar-refractivity contribution in [3.05, 3.63) is 40.5 Å². The van der Waals surface area contributed by atoms with E-state index in [2.05, 4.69) is 16.2 Å². The van der Waals surface area contributed by atoms with Gasteiger partial charge in [0.05, 0.1) is 0 Å². The molecule has 1 aromatic carbocycles. The standard InChI is InChI=1S/C14H12N4S/c1-3-12-17-18-11(8-15)13(16-14(18)19-12)10-6-4-9(2)5-7-10/h4-7H,3H2,1-2H3. The molecule has 3 aromatic rings. The summed E-state index contributed by atoms with van der Waals surface area (Å²) < 4.78 is 1.65. The van der Waals surface area contributed by atoms with Gasteiger partial charge in [0, 0.05) is 5.56 Å². The molecule has 0 fully saturated rings. The number of imidazole rings is 1. The minimum Gasteiger partial charge on any atom is -0.216 e. The number of aryl methyl sites for hydroxylation is 2. The molecule has 19 heavy (non-hydrogen) atoms. The highest BCUT2D eigenvalue weighted by atomic mass is 32.1. The topological polar surface area (TPSA) is 54.0 Å². The molecular formula is C14H12N4S. The summed E-state index contributed by atoms with van der Waals surface area (Å²) in [5.41, 5.74) is 3.37. The van der Waals surface area contributed by atoms with Crippen LogP contribution in [0, 0.1) is 18.3 Å². The molecule has 0 amide bonds. The Morgan fingerprint density at radius 2 is 2.05 bits per heavy atom. The van der Waals surface area contributed by atoms with E-state index in [1.54, 1.807) is 4.52 Å². The average molecular weight is 268 g/mol. The fraction of sp³-hybridized carbons (Fsp3) is 0.214. The summed E-state index contributed by atoms with van der Waals surface area (Å²) in [5, 5.41) is 14.8. The summed E-state index contributed by atoms with van der Waals surface area (Å²) >= 11 is 1.54. The monoisotopic (exact) mass is 268 g/mol. The van der Waals surface area contributed by atoms with Crippen molar-refractivity contribution in [1.82, 2.24) is 14.6 Å². The first kappa shape index (κ1) is 11.9. The van der Waals surface area contributed by atoms with Crippen molar-refractivity contribution in [1.29, 1.82) is 5.26 Å². The number of rotatable bonds is 2. The summed E-state index contributed by atoms with van der Waals surface area (Å²) in [5.74, 6) is 0. The maximum absolute atomic E-state index is 9.36. The van der Waals surface area contributed by atoms with E-state index in [1.807, 2.05) is 38.1 Å². The molecule has 3 rings (SSSR count). The van der Waals surface area contributed by atoms with Crippen LogP contribution in [0.15, 0.2) is 24.3 Å². The molecule has 0 saturated heterocycles. The predicted octanol–water partition coefficient (Wildman–Crippen LogP) is 3.20. The van der Waals surface area contributed by atoms with E-state index in [0.717, 1.165) is 22.0 Å². The van der Waals surface area contributed by atoms with Crippen LogP contribution in [0.4, 0.5) is 0 Å². The SMILES string of the molecule is CCc1nn2c(C#N)c(-c3ccc(C)cc3)nc2s1. The Bertz CT molecular complexity index is 774. The first-order valence-electron chi connectivity index (χ1n) is 6.08. The third kappa shape index (κ3) is 1.90. The minimum absolute atomic E-state index is 0.509. The van der Waals surface area contributed by atoms with Crippen molar-refractivity contribution >= 4 is 16.3 Å². The van der Waals surface area contributed by atoms with E-state index < -0.39 is 0 Å². The van der Waals surface area contributed by atoms with Gasteiger partial charge >= 0.3 is 0 Å². The molecule has 0 aliphatic heterocycles. The number of nitriles is 1. The lowest BCUT2D eigenvalue weighted by atomic mass is 10.1. The Morgan fingerprint density at radius 1 is 1.32 bits per heavy atom. The second-order valence-corrected chi connectivity index (χ2v) is 5.37. The van der Waals surface area contributed by atoms with Gasteiger partial charge < -0.3 is 0 Å². The van der Waals surface area contributed by atoms with Crippen LogP contribution in [-0.2, 0) is 6.42 Å². The van der Waals surface area contributed by atoms with Crippen LogP contribution in [0.25, 0.3) is 16.2 Å². The molecule has 0 atom stereocenters. The highest BCUT2D eigenvalue weighted by Gasteiger charge is 2.17. The van der Waals surface area contributed by atoms with Crippen LogP contribution < -0.4 is 0 Å². The average Bonchev–Trinajstić information content (AvgIpc) is 2.96. The molecule has 0 N–H and O–H groups in total. The molecule has 94 valence electrons. The van der Waals surface area contributed by atoms with Gasteiger partial charge in [0.1, 0.15) is 16.8 Å². The van der Waals surface area contributed by atoms with Crippen LogP contribution in [-0.4, -0.2) is 14.6 Å². The number of hydrogen-bond donors (Lipinski definition) is 0. The molecular weight excluding hydrogens is 256 g/mol. The molecule has 0 aliphatic rings. The Hall–Kier alpha value is -2.19. The van der Waals surface area contributed by atoms with E-state index in [0.29, 0.717) is 11.4 Å². The number of benzene rings is 1. The van der Waals surface area contributed by atoms with Crippen LogP contribution in [0.3, 0.4) is 0 Å². The zero-order valence-corrected chi connectivity index (χ0v) is 11.5. The molecule has 0 radical (unpaired) electrons. The summed E-state index contributed by atoms with van der Waals surface area (Å²) in [7, 11) is 0. The smallest absolute Gasteiger partial charge is 0.214 e. The maximum Gasteiger partial charge on any atom is 0.214 e. The third-order valence-corrected chi connectivity index (χ3v) is 4.03. The molecule has 5 heteroatoms. The van der Waals surface area contributed by atoms with Crippen molar-refractivity contribution < 1.29 is 0 Å². The molecule has 0 saturated carbocycles. The quantitative estimate of drug-likeness (QED) is 0.717. The zero-order chi connectivity index (χ0) is 13.4. The first-order chi connectivity index (χ1) is 9.22. The van der Waals surface area contributed by atoms with Crippen molar-refractivity contribution in [2.24, 2.45) is 0 Å². The molecule has 0 unspecified atom stereocenters. The number of nitrogens with zero attached hydrogens (tertiary/aromatic N) is 4. The highest BCUT2D eigenvalue weighted by Crippen LogP contribution is 2.26. The van der Waals surface area contributed by atoms with E-state index >= 15 is 0 Å². The summed E-state index contributed by atoms with van der Waals surface area (Å²) in [4.78, 5) is 5.33. The van der Waals surface area contributed by atoms with Crippen molar-refractivity contribution in [2.45, 2.75) is 20.3 Å². The van der Waals surface area contributed by atoms with Crippen LogP contribution >= 0.6 is 11.3 Å². The second kappa shape index (κ2) is 4.48. The van der Waals surface area contributed by atoms with Gasteiger partial charge in [0.25, 0.3) is 0 Å². The van der Waals surface area contributed by atoms with E-state index in [9.17, 15) is 5.26 Å². The highest BCUT2D eigenvalue weighted by molar-refractivity contribution is 7.16. The number of aromatic nitrogens is 3. The molecule has 0 spiro atoms. The van der Waals surface area contributed by atoms with Gasteiger partial charge in [0.2, 0.25) is 4.96 Å². The Morgan fingerprint density at radius 3 is 2.68 bits per heavy atom. The van der Waals surface area contributed by atoms with Crippen LogP contribution in [0.2, 0.25) is 0 Å². The van der Waals surface area contributed by atoms with Gasteiger partial charge in [-0.3, -0.25) is 0 Å². The van der Waals surface area contributed by atoms with Crippen LogP contribution in [0.1, 0.15) is 23.2 Å². The summed E-state index contributed by atoms with van der Waals surface area (Å²) in [6, 6.07) is 10.2. The van der Waals surface area contributed by atoms with Crippen molar-refractivity contribution in [3.63, 3.8) is 0 Å². The fourth-order valence-electron chi connectivity index (χ4n) is 1.94. The van der Waals surface area contributed by atoms with E-state index in [4.69, 9.17) is 0 Å². The first-order valence-corrected chi connectivity index (χ1v) is 6.90.